The highest BCUT2D eigenvalue weighted by atomic mass is 16.3. The summed E-state index contributed by atoms with van der Waals surface area (Å²) in [5, 5.41) is 9.18. The van der Waals surface area contributed by atoms with Crippen LogP contribution in [-0.4, -0.2) is 34.9 Å². The monoisotopic (exact) mass is 248 g/mol. The maximum absolute atomic E-state index is 12.2. The van der Waals surface area contributed by atoms with Gasteiger partial charge in [-0.25, -0.2) is 0 Å². The zero-order chi connectivity index (χ0) is 13.1. The Hall–Kier alpha value is -2.04. The second kappa shape index (κ2) is 5.08. The molecule has 0 spiro atoms. The second-order valence-electron chi connectivity index (χ2n) is 4.54. The molecule has 3 N–H and O–H groups in total. The van der Waals surface area contributed by atoms with E-state index in [1.54, 1.807) is 17.0 Å². The normalized spacial score (nSPS) is 19.6. The number of phenols is 1. The average molecular weight is 248 g/mol. The van der Waals surface area contributed by atoms with Crippen molar-refractivity contribution in [3.05, 3.63) is 29.8 Å². The van der Waals surface area contributed by atoms with Gasteiger partial charge in [-0.05, 0) is 37.1 Å². The summed E-state index contributed by atoms with van der Waals surface area (Å²) in [5.41, 5.74) is 5.79. The third kappa shape index (κ3) is 2.61. The third-order valence-corrected chi connectivity index (χ3v) is 3.23. The lowest BCUT2D eigenvalue weighted by Crippen LogP contribution is -2.44. The Morgan fingerprint density at radius 1 is 1.28 bits per heavy atom. The van der Waals surface area contributed by atoms with Gasteiger partial charge in [0.1, 0.15) is 5.75 Å². The number of phenolic OH excluding ortho intramolecular Hbond substituents is 1. The molecule has 1 fully saturated rings. The number of hydrogen-bond acceptors (Lipinski definition) is 3. The molecule has 5 nitrogen and oxygen atoms in total. The standard InChI is InChI=1S/C13H16N2O3/c14-12(17)10-2-1-7-15(8-10)13(18)9-3-5-11(16)6-4-9/h3-6,10,16H,1-2,7-8H2,(H2,14,17). The highest BCUT2D eigenvalue weighted by Crippen LogP contribution is 2.19. The van der Waals surface area contributed by atoms with Crippen LogP contribution >= 0.6 is 0 Å². The summed E-state index contributed by atoms with van der Waals surface area (Å²) in [6, 6.07) is 6.10. The van der Waals surface area contributed by atoms with Crippen LogP contribution in [-0.2, 0) is 4.79 Å². The summed E-state index contributed by atoms with van der Waals surface area (Å²) >= 11 is 0. The number of carbonyl (C=O) groups excluding carboxylic acids is 2. The number of piperidine rings is 1. The fourth-order valence-corrected chi connectivity index (χ4v) is 2.18. The first kappa shape index (κ1) is 12.4. The molecule has 1 atom stereocenters. The highest BCUT2D eigenvalue weighted by Gasteiger charge is 2.27. The fourth-order valence-electron chi connectivity index (χ4n) is 2.18. The van der Waals surface area contributed by atoms with E-state index < -0.39 is 0 Å². The van der Waals surface area contributed by atoms with Crippen molar-refractivity contribution in [2.24, 2.45) is 11.7 Å². The molecule has 2 amide bonds. The van der Waals surface area contributed by atoms with Crippen molar-refractivity contribution in [1.29, 1.82) is 0 Å². The number of primary amides is 1. The molecule has 1 aromatic carbocycles. The van der Waals surface area contributed by atoms with Crippen LogP contribution in [0.2, 0.25) is 0 Å². The summed E-state index contributed by atoms with van der Waals surface area (Å²) in [5.74, 6) is -0.598. The van der Waals surface area contributed by atoms with Crippen LogP contribution in [0.1, 0.15) is 23.2 Å². The Kier molecular flexibility index (Phi) is 3.50. The zero-order valence-corrected chi connectivity index (χ0v) is 10.0. The molecule has 18 heavy (non-hydrogen) atoms. The average Bonchev–Trinajstić information content (AvgIpc) is 2.39. The SMILES string of the molecule is NC(=O)C1CCCN(C(=O)c2ccc(O)cc2)C1. The summed E-state index contributed by atoms with van der Waals surface area (Å²) in [6.45, 7) is 1.03. The fraction of sp³-hybridized carbons (Fsp3) is 0.385. The van der Waals surface area contributed by atoms with Crippen LogP contribution in [0, 0.1) is 5.92 Å². The minimum Gasteiger partial charge on any atom is -0.508 e. The highest BCUT2D eigenvalue weighted by molar-refractivity contribution is 5.94. The van der Waals surface area contributed by atoms with Crippen molar-refractivity contribution in [3.63, 3.8) is 0 Å². The van der Waals surface area contributed by atoms with Gasteiger partial charge in [0, 0.05) is 18.7 Å². The topological polar surface area (TPSA) is 83.6 Å². The molecule has 1 aliphatic heterocycles. The summed E-state index contributed by atoms with van der Waals surface area (Å²) in [7, 11) is 0. The third-order valence-electron chi connectivity index (χ3n) is 3.23. The van der Waals surface area contributed by atoms with Gasteiger partial charge in [-0.2, -0.15) is 0 Å². The van der Waals surface area contributed by atoms with Gasteiger partial charge in [0.15, 0.2) is 0 Å². The maximum atomic E-state index is 12.2. The van der Waals surface area contributed by atoms with Gasteiger partial charge in [0.05, 0.1) is 5.92 Å². The van der Waals surface area contributed by atoms with E-state index >= 15 is 0 Å². The molecule has 0 aromatic heterocycles. The van der Waals surface area contributed by atoms with E-state index in [0.29, 0.717) is 18.7 Å². The number of aromatic hydroxyl groups is 1. The minimum atomic E-state index is -0.349. The number of likely N-dealkylation sites (tertiary alicyclic amines) is 1. The lowest BCUT2D eigenvalue weighted by atomic mass is 9.97. The van der Waals surface area contributed by atoms with Crippen LogP contribution in [0.5, 0.6) is 5.75 Å². The summed E-state index contributed by atoms with van der Waals surface area (Å²) < 4.78 is 0. The first-order valence-corrected chi connectivity index (χ1v) is 5.95. The molecule has 96 valence electrons. The number of hydrogen-bond donors (Lipinski definition) is 2. The van der Waals surface area contributed by atoms with Crippen LogP contribution in [0.25, 0.3) is 0 Å². The number of nitrogens with zero attached hydrogens (tertiary/aromatic N) is 1. The van der Waals surface area contributed by atoms with Crippen LogP contribution < -0.4 is 5.73 Å². The molecule has 1 heterocycles. The van der Waals surface area contributed by atoms with Gasteiger partial charge in [0.2, 0.25) is 5.91 Å². The Balaban J connectivity index is 2.09. The van der Waals surface area contributed by atoms with Crippen LogP contribution in [0.3, 0.4) is 0 Å². The molecule has 1 aliphatic rings. The van der Waals surface area contributed by atoms with Crippen molar-refractivity contribution in [2.75, 3.05) is 13.1 Å². The van der Waals surface area contributed by atoms with Crippen LogP contribution in [0.15, 0.2) is 24.3 Å². The van der Waals surface area contributed by atoms with E-state index in [9.17, 15) is 14.7 Å². The molecule has 1 saturated heterocycles. The van der Waals surface area contributed by atoms with E-state index in [1.165, 1.54) is 12.1 Å². The number of nitrogens with two attached hydrogens (primary N) is 1. The predicted octanol–water partition coefficient (Wildman–Crippen LogP) is 0.730. The molecule has 1 unspecified atom stereocenters. The molecule has 5 heteroatoms. The lowest BCUT2D eigenvalue weighted by Gasteiger charge is -2.31. The molecule has 0 aliphatic carbocycles. The predicted molar refractivity (Wildman–Crippen MR) is 65.9 cm³/mol. The minimum absolute atomic E-state index is 0.124. The number of carbonyl (C=O) groups is 2. The van der Waals surface area contributed by atoms with Gasteiger partial charge >= 0.3 is 0 Å². The van der Waals surface area contributed by atoms with E-state index in [4.69, 9.17) is 5.73 Å². The zero-order valence-electron chi connectivity index (χ0n) is 10.0. The van der Waals surface area contributed by atoms with Crippen molar-refractivity contribution in [1.82, 2.24) is 4.90 Å². The van der Waals surface area contributed by atoms with Crippen molar-refractivity contribution < 1.29 is 14.7 Å². The van der Waals surface area contributed by atoms with E-state index in [2.05, 4.69) is 0 Å². The molecular formula is C13H16N2O3. The van der Waals surface area contributed by atoms with Crippen molar-refractivity contribution >= 4 is 11.8 Å². The Morgan fingerprint density at radius 2 is 1.94 bits per heavy atom. The smallest absolute Gasteiger partial charge is 0.253 e. The largest absolute Gasteiger partial charge is 0.508 e. The van der Waals surface area contributed by atoms with Gasteiger partial charge < -0.3 is 15.7 Å². The first-order chi connectivity index (χ1) is 8.58. The summed E-state index contributed by atoms with van der Waals surface area (Å²) in [6.07, 6.45) is 1.53. The van der Waals surface area contributed by atoms with E-state index in [1.807, 2.05) is 0 Å². The molecule has 0 radical (unpaired) electrons. The lowest BCUT2D eigenvalue weighted by molar-refractivity contribution is -0.123. The van der Waals surface area contributed by atoms with Gasteiger partial charge in [-0.3, -0.25) is 9.59 Å². The molecular weight excluding hydrogens is 232 g/mol. The van der Waals surface area contributed by atoms with E-state index in [-0.39, 0.29) is 23.5 Å². The number of rotatable bonds is 2. The molecule has 2 rings (SSSR count). The van der Waals surface area contributed by atoms with Crippen molar-refractivity contribution in [3.8, 4) is 5.75 Å². The Morgan fingerprint density at radius 3 is 2.56 bits per heavy atom. The molecule has 0 bridgehead atoms. The number of benzene rings is 1. The van der Waals surface area contributed by atoms with Gasteiger partial charge in [-0.15, -0.1) is 0 Å². The van der Waals surface area contributed by atoms with Crippen LogP contribution in [0.4, 0.5) is 0 Å². The summed E-state index contributed by atoms with van der Waals surface area (Å²) in [4.78, 5) is 25.0. The molecule has 0 saturated carbocycles. The quantitative estimate of drug-likeness (QED) is 0.809. The van der Waals surface area contributed by atoms with Gasteiger partial charge in [0.25, 0.3) is 5.91 Å². The van der Waals surface area contributed by atoms with Gasteiger partial charge in [-0.1, -0.05) is 0 Å². The van der Waals surface area contributed by atoms with Crippen molar-refractivity contribution in [2.45, 2.75) is 12.8 Å². The first-order valence-electron chi connectivity index (χ1n) is 5.95. The molecule has 1 aromatic rings. The maximum Gasteiger partial charge on any atom is 0.253 e. The number of amides is 2. The van der Waals surface area contributed by atoms with E-state index in [0.717, 1.165) is 12.8 Å². The Labute approximate surface area is 105 Å². The second-order valence-corrected chi connectivity index (χ2v) is 4.54. The Bertz CT molecular complexity index is 456.